The average molecular weight is 226 g/mol. The van der Waals surface area contributed by atoms with E-state index < -0.39 is 5.79 Å². The van der Waals surface area contributed by atoms with Crippen molar-refractivity contribution in [3.8, 4) is 12.3 Å². The summed E-state index contributed by atoms with van der Waals surface area (Å²) in [4.78, 5) is 0. The van der Waals surface area contributed by atoms with E-state index >= 15 is 0 Å². The lowest BCUT2D eigenvalue weighted by atomic mass is 10.0. The normalized spacial score (nSPS) is 36.7. The zero-order valence-corrected chi connectivity index (χ0v) is 9.77. The molecule has 0 bridgehead atoms. The highest BCUT2D eigenvalue weighted by Crippen LogP contribution is 2.35. The Morgan fingerprint density at radius 1 is 1.44 bits per heavy atom. The number of rotatable bonds is 3. The smallest absolute Gasteiger partial charge is 0.163 e. The van der Waals surface area contributed by atoms with Crippen molar-refractivity contribution < 1.29 is 18.9 Å². The molecule has 2 unspecified atom stereocenters. The van der Waals surface area contributed by atoms with Crippen LogP contribution in [0, 0.1) is 12.3 Å². The van der Waals surface area contributed by atoms with Crippen LogP contribution in [0.25, 0.3) is 0 Å². The first-order chi connectivity index (χ1) is 7.62. The molecule has 0 aliphatic carbocycles. The maximum absolute atomic E-state index is 5.82. The molecule has 0 radical (unpaired) electrons. The molecule has 0 aromatic rings. The fourth-order valence-corrected chi connectivity index (χ4v) is 2.21. The van der Waals surface area contributed by atoms with Crippen LogP contribution in [-0.4, -0.2) is 43.9 Å². The number of fused-ring (bicyclic) bond motifs is 1. The average Bonchev–Trinajstić information content (AvgIpc) is 2.53. The second kappa shape index (κ2) is 4.72. The Bertz CT molecular complexity index is 281. The molecule has 4 nitrogen and oxygen atoms in total. The van der Waals surface area contributed by atoms with Crippen LogP contribution in [-0.2, 0) is 18.9 Å². The van der Waals surface area contributed by atoms with Gasteiger partial charge in [-0.1, -0.05) is 5.92 Å². The van der Waals surface area contributed by atoms with Crippen LogP contribution in [0.5, 0.6) is 0 Å². The van der Waals surface area contributed by atoms with Gasteiger partial charge < -0.3 is 18.9 Å². The van der Waals surface area contributed by atoms with E-state index in [1.165, 1.54) is 0 Å². The molecule has 0 aromatic carbocycles. The highest BCUT2D eigenvalue weighted by molar-refractivity contribution is 4.91. The summed E-state index contributed by atoms with van der Waals surface area (Å²) in [6, 6.07) is 0. The monoisotopic (exact) mass is 226 g/mol. The van der Waals surface area contributed by atoms with Crippen LogP contribution in [0.4, 0.5) is 0 Å². The Morgan fingerprint density at radius 2 is 2.25 bits per heavy atom. The number of ether oxygens (including phenoxy) is 4. The Labute approximate surface area is 96.2 Å². The first kappa shape index (κ1) is 11.9. The lowest BCUT2D eigenvalue weighted by Crippen LogP contribution is -2.45. The summed E-state index contributed by atoms with van der Waals surface area (Å²) in [5.74, 6) is 1.91. The third-order valence-corrected chi connectivity index (χ3v) is 2.79. The second-order valence-electron chi connectivity index (χ2n) is 4.56. The maximum Gasteiger partial charge on any atom is 0.163 e. The molecular weight excluding hydrogens is 208 g/mol. The summed E-state index contributed by atoms with van der Waals surface area (Å²) < 4.78 is 22.5. The Kier molecular flexibility index (Phi) is 3.50. The number of hydrogen-bond acceptors (Lipinski definition) is 4. The summed E-state index contributed by atoms with van der Waals surface area (Å²) in [5.41, 5.74) is 0. The maximum atomic E-state index is 5.82. The zero-order chi connectivity index (χ0) is 11.6. The van der Waals surface area contributed by atoms with E-state index in [1.807, 2.05) is 13.8 Å². The summed E-state index contributed by atoms with van der Waals surface area (Å²) in [6.45, 7) is 5.30. The van der Waals surface area contributed by atoms with Gasteiger partial charge in [0.05, 0.1) is 12.7 Å². The first-order valence-electron chi connectivity index (χ1n) is 5.61. The lowest BCUT2D eigenvalue weighted by molar-refractivity contribution is -0.159. The molecule has 2 fully saturated rings. The van der Waals surface area contributed by atoms with Gasteiger partial charge in [0.15, 0.2) is 5.79 Å². The van der Waals surface area contributed by atoms with E-state index in [1.54, 1.807) is 0 Å². The first-order valence-corrected chi connectivity index (χ1v) is 5.61. The highest BCUT2D eigenvalue weighted by Gasteiger charge is 2.47. The van der Waals surface area contributed by atoms with Gasteiger partial charge in [-0.3, -0.25) is 0 Å². The van der Waals surface area contributed by atoms with E-state index in [-0.39, 0.29) is 18.3 Å². The molecule has 2 saturated heterocycles. The minimum absolute atomic E-state index is 0.0403. The summed E-state index contributed by atoms with van der Waals surface area (Å²) in [5, 5.41) is 0. The van der Waals surface area contributed by atoms with Crippen molar-refractivity contribution in [3.63, 3.8) is 0 Å². The van der Waals surface area contributed by atoms with Crippen molar-refractivity contribution in [1.82, 2.24) is 0 Å². The van der Waals surface area contributed by atoms with Gasteiger partial charge in [-0.2, -0.15) is 0 Å². The SMILES string of the molecule is C#CCOC[C@H]1OCCC2OC(C)(C)OC21. The number of terminal acetylenes is 1. The molecule has 2 heterocycles. The molecule has 90 valence electrons. The lowest BCUT2D eigenvalue weighted by Gasteiger charge is -2.31. The van der Waals surface area contributed by atoms with E-state index in [0.717, 1.165) is 6.42 Å². The van der Waals surface area contributed by atoms with Gasteiger partial charge in [0.25, 0.3) is 0 Å². The molecular formula is C12H18O4. The minimum Gasteiger partial charge on any atom is -0.373 e. The van der Waals surface area contributed by atoms with Crippen LogP contribution >= 0.6 is 0 Å². The van der Waals surface area contributed by atoms with Crippen molar-refractivity contribution in [2.75, 3.05) is 19.8 Å². The molecule has 4 heteroatoms. The van der Waals surface area contributed by atoms with Crippen LogP contribution in [0.3, 0.4) is 0 Å². The Balaban J connectivity index is 1.91. The summed E-state index contributed by atoms with van der Waals surface area (Å²) in [6.07, 6.45) is 6.00. The number of hydrogen-bond donors (Lipinski definition) is 0. The fourth-order valence-electron chi connectivity index (χ4n) is 2.21. The van der Waals surface area contributed by atoms with Crippen LogP contribution in [0.2, 0.25) is 0 Å². The predicted molar refractivity (Wildman–Crippen MR) is 57.8 cm³/mol. The van der Waals surface area contributed by atoms with Gasteiger partial charge in [-0.15, -0.1) is 6.42 Å². The molecule has 16 heavy (non-hydrogen) atoms. The van der Waals surface area contributed by atoms with Crippen molar-refractivity contribution in [3.05, 3.63) is 0 Å². The molecule has 0 amide bonds. The fraction of sp³-hybridized carbons (Fsp3) is 0.833. The van der Waals surface area contributed by atoms with Gasteiger partial charge in [-0.05, 0) is 20.3 Å². The Morgan fingerprint density at radius 3 is 3.00 bits per heavy atom. The Hall–Kier alpha value is -0.600. The van der Waals surface area contributed by atoms with Crippen molar-refractivity contribution in [2.24, 2.45) is 0 Å². The van der Waals surface area contributed by atoms with Crippen molar-refractivity contribution >= 4 is 0 Å². The van der Waals surface area contributed by atoms with Crippen molar-refractivity contribution in [1.29, 1.82) is 0 Å². The van der Waals surface area contributed by atoms with Gasteiger partial charge in [0.1, 0.15) is 18.8 Å². The zero-order valence-electron chi connectivity index (χ0n) is 9.77. The van der Waals surface area contributed by atoms with Gasteiger partial charge >= 0.3 is 0 Å². The van der Waals surface area contributed by atoms with Crippen LogP contribution in [0.15, 0.2) is 0 Å². The van der Waals surface area contributed by atoms with Gasteiger partial charge in [0.2, 0.25) is 0 Å². The molecule has 3 atom stereocenters. The largest absolute Gasteiger partial charge is 0.373 e. The van der Waals surface area contributed by atoms with Crippen LogP contribution in [0.1, 0.15) is 20.3 Å². The summed E-state index contributed by atoms with van der Waals surface area (Å²) >= 11 is 0. The van der Waals surface area contributed by atoms with E-state index in [9.17, 15) is 0 Å². The van der Waals surface area contributed by atoms with E-state index in [0.29, 0.717) is 19.8 Å². The molecule has 2 aliphatic rings. The quantitative estimate of drug-likeness (QED) is 0.530. The molecule has 2 rings (SSSR count). The third kappa shape index (κ3) is 2.55. The van der Waals surface area contributed by atoms with Crippen LogP contribution < -0.4 is 0 Å². The second-order valence-corrected chi connectivity index (χ2v) is 4.56. The van der Waals surface area contributed by atoms with E-state index in [2.05, 4.69) is 5.92 Å². The molecule has 0 saturated carbocycles. The summed E-state index contributed by atoms with van der Waals surface area (Å²) in [7, 11) is 0. The van der Waals surface area contributed by atoms with Gasteiger partial charge in [0, 0.05) is 6.61 Å². The molecule has 0 aromatic heterocycles. The van der Waals surface area contributed by atoms with E-state index in [4.69, 9.17) is 25.4 Å². The molecule has 0 spiro atoms. The predicted octanol–water partition coefficient (Wildman–Crippen LogP) is 0.945. The third-order valence-electron chi connectivity index (χ3n) is 2.79. The minimum atomic E-state index is -0.520. The standard InChI is InChI=1S/C12H18O4/c1-4-6-13-8-10-11-9(5-7-14-10)15-12(2,3)16-11/h1,9-11H,5-8H2,2-3H3/t9?,10-,11?/m1/s1. The van der Waals surface area contributed by atoms with Gasteiger partial charge in [-0.25, -0.2) is 0 Å². The highest BCUT2D eigenvalue weighted by atomic mass is 16.8. The topological polar surface area (TPSA) is 36.9 Å². The molecule has 2 aliphatic heterocycles. The molecule has 0 N–H and O–H groups in total. The van der Waals surface area contributed by atoms with Crippen molar-refractivity contribution in [2.45, 2.75) is 44.4 Å².